The van der Waals surface area contributed by atoms with Gasteiger partial charge in [-0.2, -0.15) is 9.78 Å². The van der Waals surface area contributed by atoms with Crippen LogP contribution in [0.3, 0.4) is 0 Å². The quantitative estimate of drug-likeness (QED) is 0.198. The first-order valence-electron chi connectivity index (χ1n) is 16.5. The molecule has 4 amide bonds. The first-order chi connectivity index (χ1) is 23.5. The van der Waals surface area contributed by atoms with Gasteiger partial charge in [-0.3, -0.25) is 19.4 Å². The highest BCUT2D eigenvalue weighted by molar-refractivity contribution is 7.99. The lowest BCUT2D eigenvalue weighted by molar-refractivity contribution is -0.127. The number of likely N-dealkylation sites (N-methyl/N-ethyl adjacent to an activating group) is 1. The molecule has 5 rings (SSSR count). The number of carbonyl (C=O) groups is 4. The van der Waals surface area contributed by atoms with Crippen LogP contribution >= 0.6 is 11.8 Å². The molecule has 2 aromatic heterocycles. The topological polar surface area (TPSA) is 138 Å². The molecule has 0 spiro atoms. The van der Waals surface area contributed by atoms with Gasteiger partial charge in [0.05, 0.1) is 22.5 Å². The molecule has 1 aliphatic rings. The summed E-state index contributed by atoms with van der Waals surface area (Å²) in [6.45, 7) is 5.59. The smallest absolute Gasteiger partial charge is 0.345 e. The van der Waals surface area contributed by atoms with E-state index in [1.54, 1.807) is 33.3 Å². The number of aromatic nitrogens is 3. The van der Waals surface area contributed by atoms with Crippen molar-refractivity contribution >= 4 is 58.6 Å². The van der Waals surface area contributed by atoms with Gasteiger partial charge >= 0.3 is 6.03 Å². The Morgan fingerprint density at radius 3 is 2.39 bits per heavy atom. The van der Waals surface area contributed by atoms with E-state index in [2.05, 4.69) is 20.9 Å². The van der Waals surface area contributed by atoms with E-state index in [1.165, 1.54) is 21.3 Å². The van der Waals surface area contributed by atoms with Crippen molar-refractivity contribution in [2.24, 2.45) is 5.92 Å². The number of amides is 4. The number of nitrogens with one attached hydrogen (secondary N) is 3. The second-order valence-corrected chi connectivity index (χ2v) is 13.6. The van der Waals surface area contributed by atoms with Crippen molar-refractivity contribution in [1.82, 2.24) is 35.6 Å². The van der Waals surface area contributed by atoms with Crippen molar-refractivity contribution < 1.29 is 19.2 Å². The Morgan fingerprint density at radius 2 is 1.69 bits per heavy atom. The Bertz CT molecular complexity index is 1850. The number of hydrogen-bond donors (Lipinski definition) is 3. The molecule has 11 nitrogen and oxygen atoms in total. The molecular formula is C37H43N7O4S. The van der Waals surface area contributed by atoms with Crippen molar-refractivity contribution in [3.8, 4) is 0 Å². The molecule has 49 heavy (non-hydrogen) atoms. The van der Waals surface area contributed by atoms with Crippen molar-refractivity contribution in [2.75, 3.05) is 14.1 Å². The fourth-order valence-corrected chi connectivity index (χ4v) is 6.79. The molecule has 1 saturated carbocycles. The van der Waals surface area contributed by atoms with Crippen LogP contribution in [0, 0.1) is 5.92 Å². The molecule has 1 aliphatic carbocycles. The Balaban J connectivity index is 1.37. The lowest BCUT2D eigenvalue weighted by Gasteiger charge is -2.31. The number of benzene rings is 2. The molecule has 1 atom stereocenters. The van der Waals surface area contributed by atoms with Crippen molar-refractivity contribution in [2.45, 2.75) is 74.4 Å². The van der Waals surface area contributed by atoms with Gasteiger partial charge in [0.1, 0.15) is 6.04 Å². The molecule has 2 heterocycles. The average Bonchev–Trinajstić information content (AvgIpc) is 3.47. The minimum atomic E-state index is -0.779. The van der Waals surface area contributed by atoms with Gasteiger partial charge in [0.25, 0.3) is 5.91 Å². The molecule has 2 aromatic carbocycles. The standard InChI is InChI=1S/C37H43N7O4S/c1-23(2)40-35(46)25-13-15-27(16-14-25)41-34(45)24(3)43(5)37(48)44-32-22-28(49-33-12-7-6-11-30(33)36(47)38-4)18-19-29(32)31(42-44)20-17-26-10-8-9-21-39-26/h6-12,17-25,27H,13-16H2,1-5H3,(H,38,47)(H,40,46)(H,41,45)/b20-17+/t24-,25?,27?/m0/s1. The van der Waals surface area contributed by atoms with Crippen LogP contribution in [0.25, 0.3) is 23.1 Å². The first-order valence-corrected chi connectivity index (χ1v) is 17.4. The fourth-order valence-electron chi connectivity index (χ4n) is 5.81. The zero-order valence-corrected chi connectivity index (χ0v) is 29.3. The summed E-state index contributed by atoms with van der Waals surface area (Å²) in [5, 5.41) is 14.2. The molecule has 256 valence electrons. The molecule has 0 unspecified atom stereocenters. The van der Waals surface area contributed by atoms with Gasteiger partial charge in [-0.15, -0.1) is 0 Å². The molecular weight excluding hydrogens is 639 g/mol. The van der Waals surface area contributed by atoms with Crippen LogP contribution in [0.1, 0.15) is 68.2 Å². The van der Waals surface area contributed by atoms with Gasteiger partial charge in [-0.1, -0.05) is 30.0 Å². The molecule has 3 N–H and O–H groups in total. The van der Waals surface area contributed by atoms with E-state index in [-0.39, 0.29) is 35.7 Å². The Morgan fingerprint density at radius 1 is 0.959 bits per heavy atom. The van der Waals surface area contributed by atoms with E-state index >= 15 is 0 Å². The molecule has 0 bridgehead atoms. The highest BCUT2D eigenvalue weighted by Crippen LogP contribution is 2.34. The van der Waals surface area contributed by atoms with E-state index in [1.807, 2.05) is 80.6 Å². The Kier molecular flexibility index (Phi) is 11.5. The highest BCUT2D eigenvalue weighted by Gasteiger charge is 2.31. The van der Waals surface area contributed by atoms with Crippen LogP contribution in [0.2, 0.25) is 0 Å². The van der Waals surface area contributed by atoms with E-state index < -0.39 is 12.1 Å². The molecule has 12 heteroatoms. The maximum absolute atomic E-state index is 14.0. The summed E-state index contributed by atoms with van der Waals surface area (Å²) in [7, 11) is 3.19. The number of nitrogens with zero attached hydrogens (tertiary/aromatic N) is 4. The summed E-state index contributed by atoms with van der Waals surface area (Å²) in [5.41, 5.74) is 2.42. The minimum absolute atomic E-state index is 0.0495. The number of pyridine rings is 1. The predicted molar refractivity (Wildman–Crippen MR) is 192 cm³/mol. The summed E-state index contributed by atoms with van der Waals surface area (Å²) < 4.78 is 1.32. The molecule has 0 radical (unpaired) electrons. The van der Waals surface area contributed by atoms with Gasteiger partial charge in [0, 0.05) is 53.5 Å². The third kappa shape index (κ3) is 8.55. The lowest BCUT2D eigenvalue weighted by atomic mass is 9.85. The second kappa shape index (κ2) is 16.0. The number of fused-ring (bicyclic) bond motifs is 1. The molecule has 1 fully saturated rings. The summed E-state index contributed by atoms with van der Waals surface area (Å²) in [6.07, 6.45) is 8.16. The zero-order valence-electron chi connectivity index (χ0n) is 28.5. The highest BCUT2D eigenvalue weighted by atomic mass is 32.2. The fraction of sp³-hybridized carbons (Fsp3) is 0.351. The van der Waals surface area contributed by atoms with Gasteiger partial charge in [0.2, 0.25) is 11.8 Å². The van der Waals surface area contributed by atoms with Gasteiger partial charge < -0.3 is 20.9 Å². The van der Waals surface area contributed by atoms with Crippen molar-refractivity contribution in [1.29, 1.82) is 0 Å². The number of carbonyl (C=O) groups excluding carboxylic acids is 4. The van der Waals surface area contributed by atoms with Crippen LogP contribution in [-0.2, 0) is 9.59 Å². The van der Waals surface area contributed by atoms with Crippen LogP contribution < -0.4 is 16.0 Å². The third-order valence-electron chi connectivity index (χ3n) is 8.69. The SMILES string of the molecule is CNC(=O)c1ccccc1Sc1ccc2c(/C=C/c3ccccn3)nn(C(=O)N(C)[C@@H](C)C(=O)NC3CCC(C(=O)NC(C)C)CC3)c2c1. The molecule has 0 saturated heterocycles. The van der Waals surface area contributed by atoms with E-state index in [0.29, 0.717) is 42.5 Å². The van der Waals surface area contributed by atoms with Gasteiger partial charge in [0.15, 0.2) is 0 Å². The molecule has 0 aliphatic heterocycles. The van der Waals surface area contributed by atoms with Gasteiger partial charge in [-0.25, -0.2) is 4.79 Å². The lowest BCUT2D eigenvalue weighted by Crippen LogP contribution is -2.51. The molecule has 4 aromatic rings. The Hall–Kier alpha value is -4.97. The second-order valence-electron chi connectivity index (χ2n) is 12.5. The maximum atomic E-state index is 14.0. The predicted octanol–water partition coefficient (Wildman–Crippen LogP) is 5.60. The summed E-state index contributed by atoms with van der Waals surface area (Å²) in [5.74, 6) is -0.437. The van der Waals surface area contributed by atoms with E-state index in [4.69, 9.17) is 5.10 Å². The summed E-state index contributed by atoms with van der Waals surface area (Å²) in [4.78, 5) is 59.7. The van der Waals surface area contributed by atoms with Crippen LogP contribution in [0.5, 0.6) is 0 Å². The maximum Gasteiger partial charge on any atom is 0.345 e. The first kappa shape index (κ1) is 35.3. The summed E-state index contributed by atoms with van der Waals surface area (Å²) >= 11 is 1.41. The Labute approximate surface area is 290 Å². The number of rotatable bonds is 10. The van der Waals surface area contributed by atoms with Crippen LogP contribution in [0.15, 0.2) is 76.7 Å². The van der Waals surface area contributed by atoms with Gasteiger partial charge in [-0.05, 0) is 101 Å². The van der Waals surface area contributed by atoms with Crippen molar-refractivity contribution in [3.05, 3.63) is 83.8 Å². The third-order valence-corrected chi connectivity index (χ3v) is 9.75. The zero-order chi connectivity index (χ0) is 35.1. The van der Waals surface area contributed by atoms with E-state index in [9.17, 15) is 19.2 Å². The van der Waals surface area contributed by atoms with E-state index in [0.717, 1.165) is 20.9 Å². The van der Waals surface area contributed by atoms with Crippen LogP contribution in [-0.4, -0.2) is 75.6 Å². The number of hydrogen-bond acceptors (Lipinski definition) is 7. The normalized spacial score (nSPS) is 16.8. The monoisotopic (exact) mass is 681 g/mol. The van der Waals surface area contributed by atoms with Crippen molar-refractivity contribution in [3.63, 3.8) is 0 Å². The van der Waals surface area contributed by atoms with Crippen LogP contribution in [0.4, 0.5) is 4.79 Å². The average molecular weight is 682 g/mol. The summed E-state index contributed by atoms with van der Waals surface area (Å²) in [6, 6.07) is 17.4. The minimum Gasteiger partial charge on any atom is -0.355 e. The largest absolute Gasteiger partial charge is 0.355 e.